The number of aryl methyl sites for hydroxylation is 3. The van der Waals surface area contributed by atoms with Crippen LogP contribution in [-0.4, -0.2) is 25.5 Å². The predicted octanol–water partition coefficient (Wildman–Crippen LogP) is 4.27. The zero-order valence-electron chi connectivity index (χ0n) is 19.0. The first-order valence-electron chi connectivity index (χ1n) is 10.7. The largest absolute Gasteiger partial charge is 0.324 e. The SMILES string of the molecule is Cc1ccc(C)c(NC(=O)Cn2nc(C(C)C)c3cnn(-c4ccccc4C)c3c2=O)c1. The van der Waals surface area contributed by atoms with E-state index in [2.05, 4.69) is 15.5 Å². The van der Waals surface area contributed by atoms with E-state index in [9.17, 15) is 9.59 Å². The van der Waals surface area contributed by atoms with Crippen molar-refractivity contribution in [3.63, 3.8) is 0 Å². The number of rotatable bonds is 5. The molecule has 0 bridgehead atoms. The molecule has 0 spiro atoms. The van der Waals surface area contributed by atoms with Crippen LogP contribution in [0.25, 0.3) is 16.6 Å². The summed E-state index contributed by atoms with van der Waals surface area (Å²) in [6.07, 6.45) is 1.69. The summed E-state index contributed by atoms with van der Waals surface area (Å²) in [5.41, 5.74) is 5.38. The van der Waals surface area contributed by atoms with Gasteiger partial charge in [0.1, 0.15) is 12.1 Å². The Hall–Kier alpha value is -3.74. The Bertz CT molecular complexity index is 1380. The van der Waals surface area contributed by atoms with E-state index in [0.29, 0.717) is 10.9 Å². The van der Waals surface area contributed by atoms with Gasteiger partial charge < -0.3 is 5.32 Å². The van der Waals surface area contributed by atoms with Crippen molar-refractivity contribution in [2.24, 2.45) is 0 Å². The van der Waals surface area contributed by atoms with Gasteiger partial charge in [-0.25, -0.2) is 9.36 Å². The van der Waals surface area contributed by atoms with Crippen molar-refractivity contribution in [2.75, 3.05) is 5.32 Å². The molecule has 164 valence electrons. The maximum atomic E-state index is 13.4. The summed E-state index contributed by atoms with van der Waals surface area (Å²) in [5, 5.41) is 12.7. The monoisotopic (exact) mass is 429 g/mol. The fourth-order valence-electron chi connectivity index (χ4n) is 3.81. The molecule has 1 amide bonds. The average molecular weight is 430 g/mol. The fraction of sp³-hybridized carbons (Fsp3) is 0.280. The van der Waals surface area contributed by atoms with E-state index in [1.807, 2.05) is 77.1 Å². The molecule has 0 atom stereocenters. The number of aromatic nitrogens is 4. The normalized spacial score (nSPS) is 11.3. The molecule has 4 aromatic rings. The van der Waals surface area contributed by atoms with Crippen molar-refractivity contribution in [2.45, 2.75) is 47.1 Å². The van der Waals surface area contributed by atoms with Gasteiger partial charge >= 0.3 is 0 Å². The molecule has 7 nitrogen and oxygen atoms in total. The number of anilines is 1. The summed E-state index contributed by atoms with van der Waals surface area (Å²) >= 11 is 0. The van der Waals surface area contributed by atoms with Gasteiger partial charge in [-0.2, -0.15) is 10.2 Å². The highest BCUT2D eigenvalue weighted by Crippen LogP contribution is 2.24. The lowest BCUT2D eigenvalue weighted by Gasteiger charge is -2.14. The van der Waals surface area contributed by atoms with Crippen molar-refractivity contribution in [1.29, 1.82) is 0 Å². The fourth-order valence-corrected chi connectivity index (χ4v) is 3.81. The van der Waals surface area contributed by atoms with E-state index < -0.39 is 0 Å². The molecular weight excluding hydrogens is 402 g/mol. The minimum absolute atomic E-state index is 0.0564. The maximum absolute atomic E-state index is 13.4. The van der Waals surface area contributed by atoms with Crippen LogP contribution in [0.15, 0.2) is 53.5 Å². The van der Waals surface area contributed by atoms with Gasteiger partial charge in [-0.05, 0) is 55.5 Å². The lowest BCUT2D eigenvalue weighted by atomic mass is 10.1. The van der Waals surface area contributed by atoms with Crippen LogP contribution < -0.4 is 10.9 Å². The van der Waals surface area contributed by atoms with Gasteiger partial charge in [0.05, 0.1) is 17.6 Å². The van der Waals surface area contributed by atoms with Crippen molar-refractivity contribution >= 4 is 22.5 Å². The van der Waals surface area contributed by atoms with E-state index in [4.69, 9.17) is 0 Å². The summed E-state index contributed by atoms with van der Waals surface area (Å²) in [4.78, 5) is 26.3. The van der Waals surface area contributed by atoms with Crippen molar-refractivity contribution in [3.05, 3.63) is 81.4 Å². The zero-order valence-corrected chi connectivity index (χ0v) is 19.0. The van der Waals surface area contributed by atoms with Crippen LogP contribution in [0.5, 0.6) is 0 Å². The Morgan fingerprint density at radius 2 is 1.81 bits per heavy atom. The average Bonchev–Trinajstić information content (AvgIpc) is 3.18. The Balaban J connectivity index is 1.80. The quantitative estimate of drug-likeness (QED) is 0.514. The summed E-state index contributed by atoms with van der Waals surface area (Å²) < 4.78 is 2.90. The number of amides is 1. The van der Waals surface area contributed by atoms with Gasteiger partial charge in [0.25, 0.3) is 5.56 Å². The summed E-state index contributed by atoms with van der Waals surface area (Å²) in [5.74, 6) is -0.245. The van der Waals surface area contributed by atoms with Crippen LogP contribution in [0.4, 0.5) is 5.69 Å². The lowest BCUT2D eigenvalue weighted by Crippen LogP contribution is -2.31. The smallest absolute Gasteiger partial charge is 0.293 e. The van der Waals surface area contributed by atoms with E-state index in [-0.39, 0.29) is 23.9 Å². The molecule has 0 aliphatic rings. The number of hydrogen-bond donors (Lipinski definition) is 1. The second kappa shape index (κ2) is 8.42. The van der Waals surface area contributed by atoms with Crippen molar-refractivity contribution in [1.82, 2.24) is 19.6 Å². The Kier molecular flexibility index (Phi) is 5.65. The number of benzene rings is 2. The first kappa shape index (κ1) is 21.5. The second-order valence-corrected chi connectivity index (χ2v) is 8.47. The molecule has 1 N–H and O–H groups in total. The van der Waals surface area contributed by atoms with Crippen molar-refractivity contribution in [3.8, 4) is 5.69 Å². The highest BCUT2D eigenvalue weighted by molar-refractivity contribution is 5.91. The molecule has 0 aliphatic heterocycles. The summed E-state index contributed by atoms with van der Waals surface area (Å²) in [6, 6.07) is 13.6. The first-order valence-corrected chi connectivity index (χ1v) is 10.7. The standard InChI is InChI=1S/C25H27N5O2/c1-15(2)23-19-13-26-30(21-9-7-6-8-18(21)5)24(19)25(32)29(28-23)14-22(31)27-20-12-16(3)10-11-17(20)4/h6-13,15H,14H2,1-5H3,(H,27,31). The first-order chi connectivity index (χ1) is 15.3. The third-order valence-electron chi connectivity index (χ3n) is 5.56. The highest BCUT2D eigenvalue weighted by atomic mass is 16.2. The molecule has 0 radical (unpaired) electrons. The van der Waals surface area contributed by atoms with Crippen LogP contribution in [0.1, 0.15) is 42.1 Å². The van der Waals surface area contributed by atoms with E-state index in [0.717, 1.165) is 33.8 Å². The Labute approximate surface area is 186 Å². The maximum Gasteiger partial charge on any atom is 0.293 e. The van der Waals surface area contributed by atoms with Crippen molar-refractivity contribution < 1.29 is 4.79 Å². The van der Waals surface area contributed by atoms with E-state index in [1.165, 1.54) is 4.68 Å². The molecule has 0 saturated carbocycles. The number of nitrogens with zero attached hydrogens (tertiary/aromatic N) is 4. The molecule has 4 rings (SSSR count). The van der Waals surface area contributed by atoms with E-state index >= 15 is 0 Å². The zero-order chi connectivity index (χ0) is 23.0. The second-order valence-electron chi connectivity index (χ2n) is 8.47. The van der Waals surface area contributed by atoms with Gasteiger partial charge in [-0.3, -0.25) is 9.59 Å². The van der Waals surface area contributed by atoms with Crippen LogP contribution in [-0.2, 0) is 11.3 Å². The molecule has 2 aromatic carbocycles. The van der Waals surface area contributed by atoms with Gasteiger partial charge in [-0.1, -0.05) is 44.2 Å². The van der Waals surface area contributed by atoms with Crippen LogP contribution in [0.3, 0.4) is 0 Å². The third-order valence-corrected chi connectivity index (χ3v) is 5.56. The molecule has 7 heteroatoms. The van der Waals surface area contributed by atoms with Gasteiger partial charge in [0, 0.05) is 11.1 Å². The number of nitrogens with one attached hydrogen (secondary N) is 1. The molecule has 0 saturated heterocycles. The molecule has 2 heterocycles. The summed E-state index contributed by atoms with van der Waals surface area (Å²) in [7, 11) is 0. The number of hydrogen-bond acceptors (Lipinski definition) is 4. The molecule has 0 fully saturated rings. The molecule has 0 unspecified atom stereocenters. The van der Waals surface area contributed by atoms with Gasteiger partial charge in [-0.15, -0.1) is 0 Å². The molecule has 32 heavy (non-hydrogen) atoms. The van der Waals surface area contributed by atoms with Gasteiger partial charge in [0.2, 0.25) is 5.91 Å². The van der Waals surface area contributed by atoms with Crippen LogP contribution in [0, 0.1) is 20.8 Å². The molecular formula is C25H27N5O2. The highest BCUT2D eigenvalue weighted by Gasteiger charge is 2.20. The predicted molar refractivity (Wildman–Crippen MR) is 126 cm³/mol. The number of carbonyl (C=O) groups excluding carboxylic acids is 1. The molecule has 2 aromatic heterocycles. The number of carbonyl (C=O) groups is 1. The lowest BCUT2D eigenvalue weighted by molar-refractivity contribution is -0.117. The molecule has 0 aliphatic carbocycles. The van der Waals surface area contributed by atoms with Crippen LogP contribution in [0.2, 0.25) is 0 Å². The van der Waals surface area contributed by atoms with Gasteiger partial charge in [0.15, 0.2) is 0 Å². The third kappa shape index (κ3) is 3.93. The number of para-hydroxylation sites is 1. The number of fused-ring (bicyclic) bond motifs is 1. The Morgan fingerprint density at radius 1 is 1.06 bits per heavy atom. The van der Waals surface area contributed by atoms with Crippen LogP contribution >= 0.6 is 0 Å². The minimum Gasteiger partial charge on any atom is -0.324 e. The topological polar surface area (TPSA) is 81.8 Å². The minimum atomic E-state index is -0.346. The summed E-state index contributed by atoms with van der Waals surface area (Å²) in [6.45, 7) is 9.72. The Morgan fingerprint density at radius 3 is 2.53 bits per heavy atom. The van der Waals surface area contributed by atoms with E-state index in [1.54, 1.807) is 10.9 Å².